The summed E-state index contributed by atoms with van der Waals surface area (Å²) >= 11 is 0. The predicted molar refractivity (Wildman–Crippen MR) is 121 cm³/mol. The van der Waals surface area contributed by atoms with E-state index in [1.165, 1.54) is 6.92 Å². The fourth-order valence-electron chi connectivity index (χ4n) is 5.86. The molecule has 0 spiro atoms. The normalized spacial score (nSPS) is 24.6. The van der Waals surface area contributed by atoms with Gasteiger partial charge in [-0.2, -0.15) is 26.3 Å². The number of nitrogens with one attached hydrogen (secondary N) is 1. The highest BCUT2D eigenvalue weighted by atomic mass is 32.2. The van der Waals surface area contributed by atoms with Crippen molar-refractivity contribution in [1.29, 1.82) is 0 Å². The molecule has 2 aromatic rings. The number of carbonyl (C=O) groups excluding carboxylic acids is 1. The molecule has 2 aliphatic rings. The predicted octanol–water partition coefficient (Wildman–Crippen LogP) is 5.01. The van der Waals surface area contributed by atoms with E-state index in [0.29, 0.717) is 6.07 Å². The number of benzene rings is 2. The summed E-state index contributed by atoms with van der Waals surface area (Å²) in [7, 11) is -4.50. The lowest BCUT2D eigenvalue weighted by molar-refractivity contribution is -0.348. The first-order chi connectivity index (χ1) is 17.9. The highest BCUT2D eigenvalue weighted by Crippen LogP contribution is 2.59. The zero-order chi connectivity index (χ0) is 29.2. The molecule has 1 fully saturated rings. The number of carbonyl (C=O) groups is 1. The molecular weight excluding hydrogens is 562 g/mol. The van der Waals surface area contributed by atoms with Crippen LogP contribution in [0.4, 0.5) is 35.1 Å². The maximum Gasteiger partial charge on any atom is 0.435 e. The van der Waals surface area contributed by atoms with E-state index in [1.807, 2.05) is 0 Å². The lowest BCUT2D eigenvalue weighted by Gasteiger charge is -2.43. The maximum absolute atomic E-state index is 14.8. The lowest BCUT2D eigenvalue weighted by Crippen LogP contribution is -2.51. The molecule has 4 rings (SSSR count). The van der Waals surface area contributed by atoms with Crippen molar-refractivity contribution in [3.05, 3.63) is 65.0 Å². The van der Waals surface area contributed by atoms with Crippen molar-refractivity contribution in [2.75, 3.05) is 0 Å². The fraction of sp³-hybridized carbons (Fsp3) is 0.480. The second-order valence-corrected chi connectivity index (χ2v) is 12.1. The molecule has 2 aliphatic carbocycles. The average Bonchev–Trinajstić information content (AvgIpc) is 3.22. The van der Waals surface area contributed by atoms with Gasteiger partial charge in [0.25, 0.3) is 0 Å². The Kier molecular flexibility index (Phi) is 7.07. The Bertz CT molecular complexity index is 1360. The molecule has 0 aliphatic heterocycles. The third kappa shape index (κ3) is 4.39. The van der Waals surface area contributed by atoms with E-state index in [9.17, 15) is 53.4 Å². The van der Waals surface area contributed by atoms with Crippen LogP contribution in [0.5, 0.6) is 0 Å². The van der Waals surface area contributed by atoms with Gasteiger partial charge in [0.05, 0.1) is 4.90 Å². The van der Waals surface area contributed by atoms with Gasteiger partial charge in [-0.25, -0.2) is 17.2 Å². The number of aliphatic hydroxyl groups is 1. The number of amides is 1. The van der Waals surface area contributed by atoms with Gasteiger partial charge in [-0.1, -0.05) is 18.2 Å². The van der Waals surface area contributed by atoms with Gasteiger partial charge in [0.1, 0.15) is 16.7 Å². The molecule has 4 atom stereocenters. The van der Waals surface area contributed by atoms with Gasteiger partial charge < -0.3 is 10.4 Å². The van der Waals surface area contributed by atoms with Crippen LogP contribution in [-0.2, 0) is 31.5 Å². The summed E-state index contributed by atoms with van der Waals surface area (Å²) in [6.45, 7) is 1.19. The first-order valence-corrected chi connectivity index (χ1v) is 13.3. The summed E-state index contributed by atoms with van der Waals surface area (Å²) in [6.07, 6.45) is -14.6. The minimum absolute atomic E-state index is 0.0445. The van der Waals surface area contributed by atoms with Crippen molar-refractivity contribution >= 4 is 15.7 Å². The van der Waals surface area contributed by atoms with Crippen LogP contribution in [0.1, 0.15) is 42.9 Å². The summed E-state index contributed by atoms with van der Waals surface area (Å²) in [4.78, 5) is 11.9. The van der Waals surface area contributed by atoms with Crippen molar-refractivity contribution in [3.8, 4) is 0 Å². The SMILES string of the molecule is C[C@@H](O)C(=O)N[C@@H]1CC[C@@]2(S(=O)(=O)c3ccc(F)cc3)c3ccc(C(F)(C(F)(F)F)C(F)(F)F)cc3CC[C@@H]12. The highest BCUT2D eigenvalue weighted by molar-refractivity contribution is 7.92. The van der Waals surface area contributed by atoms with Gasteiger partial charge in [0.15, 0.2) is 9.84 Å². The third-order valence-corrected chi connectivity index (χ3v) is 10.3. The number of alkyl halides is 7. The average molecular weight is 586 g/mol. The number of sulfone groups is 1. The Hall–Kier alpha value is -2.74. The van der Waals surface area contributed by atoms with Crippen molar-refractivity contribution in [2.45, 2.75) is 72.4 Å². The summed E-state index contributed by atoms with van der Waals surface area (Å²) < 4.78 is 135. The van der Waals surface area contributed by atoms with E-state index in [0.717, 1.165) is 30.3 Å². The molecule has 2 N–H and O–H groups in total. The summed E-state index contributed by atoms with van der Waals surface area (Å²) in [5.41, 5.74) is -7.76. The molecule has 39 heavy (non-hydrogen) atoms. The maximum atomic E-state index is 14.8. The summed E-state index contributed by atoms with van der Waals surface area (Å²) in [5, 5.41) is 12.2. The number of aliphatic hydroxyl groups excluding tert-OH is 1. The molecule has 5 nitrogen and oxygen atoms in total. The number of halogens is 8. The number of rotatable bonds is 5. The molecule has 0 bridgehead atoms. The number of hydrogen-bond acceptors (Lipinski definition) is 4. The topological polar surface area (TPSA) is 83.5 Å². The number of hydrogen-bond donors (Lipinski definition) is 2. The van der Waals surface area contributed by atoms with Crippen molar-refractivity contribution in [1.82, 2.24) is 5.32 Å². The Morgan fingerprint density at radius 1 is 1.00 bits per heavy atom. The molecule has 14 heteroatoms. The van der Waals surface area contributed by atoms with Gasteiger partial charge in [-0.3, -0.25) is 4.79 Å². The smallest absolute Gasteiger partial charge is 0.384 e. The van der Waals surface area contributed by atoms with Crippen LogP contribution in [0, 0.1) is 11.7 Å². The summed E-state index contributed by atoms with van der Waals surface area (Å²) in [5.74, 6) is -2.45. The Labute approximate surface area is 218 Å². The largest absolute Gasteiger partial charge is 0.435 e. The van der Waals surface area contributed by atoms with E-state index in [2.05, 4.69) is 5.32 Å². The molecule has 0 heterocycles. The van der Waals surface area contributed by atoms with Crippen LogP contribution in [0.2, 0.25) is 0 Å². The second kappa shape index (κ2) is 9.43. The Balaban J connectivity index is 1.93. The van der Waals surface area contributed by atoms with Crippen LogP contribution in [0.15, 0.2) is 47.4 Å². The molecule has 0 unspecified atom stereocenters. The standard InChI is InChI=1S/C25H23F8NO4S/c1-13(35)21(36)34-20-10-11-22(39(37,38)17-6-4-16(26)5-7-17)18-9-3-15(12-14(18)2-8-19(20)22)23(27,24(28,29)30)25(31,32)33/h3-7,9,12-13,19-20,35H,2,8,10-11H2,1H3,(H,34,36)/t13-,19+,20-,22-/m1/s1. The van der Waals surface area contributed by atoms with Crippen molar-refractivity contribution in [2.24, 2.45) is 5.92 Å². The van der Waals surface area contributed by atoms with Crippen LogP contribution < -0.4 is 5.32 Å². The van der Waals surface area contributed by atoms with E-state index >= 15 is 0 Å². The molecule has 1 saturated carbocycles. The number of fused-ring (bicyclic) bond motifs is 3. The fourth-order valence-corrected chi connectivity index (χ4v) is 8.33. The van der Waals surface area contributed by atoms with E-state index in [4.69, 9.17) is 0 Å². The monoisotopic (exact) mass is 585 g/mol. The van der Waals surface area contributed by atoms with Gasteiger partial charge in [-0.15, -0.1) is 0 Å². The molecule has 0 radical (unpaired) electrons. The first-order valence-electron chi connectivity index (χ1n) is 11.8. The van der Waals surface area contributed by atoms with Crippen molar-refractivity contribution < 1.29 is 53.4 Å². The first kappa shape index (κ1) is 29.2. The van der Waals surface area contributed by atoms with Gasteiger partial charge in [0, 0.05) is 17.5 Å². The molecule has 0 saturated heterocycles. The van der Waals surface area contributed by atoms with E-state index in [1.54, 1.807) is 0 Å². The quantitative estimate of drug-likeness (QED) is 0.382. The Morgan fingerprint density at radius 2 is 1.59 bits per heavy atom. The van der Waals surface area contributed by atoms with Crippen molar-refractivity contribution in [3.63, 3.8) is 0 Å². The minimum Gasteiger partial charge on any atom is -0.384 e. The highest BCUT2D eigenvalue weighted by Gasteiger charge is 2.73. The van der Waals surface area contributed by atoms with Crippen LogP contribution in [0.25, 0.3) is 0 Å². The third-order valence-electron chi connectivity index (χ3n) is 7.69. The minimum atomic E-state index is -6.35. The molecule has 214 valence electrons. The van der Waals surface area contributed by atoms with E-state index in [-0.39, 0.29) is 47.8 Å². The molecule has 2 aromatic carbocycles. The Morgan fingerprint density at radius 3 is 2.13 bits per heavy atom. The van der Waals surface area contributed by atoms with Crippen LogP contribution in [0.3, 0.4) is 0 Å². The van der Waals surface area contributed by atoms with Crippen LogP contribution in [-0.4, -0.2) is 43.9 Å². The zero-order valence-corrected chi connectivity index (χ0v) is 21.0. The van der Waals surface area contributed by atoms with Gasteiger partial charge in [-0.05, 0) is 68.0 Å². The zero-order valence-electron chi connectivity index (χ0n) is 20.2. The molecule has 0 aromatic heterocycles. The summed E-state index contributed by atoms with van der Waals surface area (Å²) in [6, 6.07) is 4.38. The van der Waals surface area contributed by atoms with Gasteiger partial charge in [0.2, 0.25) is 5.91 Å². The van der Waals surface area contributed by atoms with Gasteiger partial charge >= 0.3 is 18.0 Å². The lowest BCUT2D eigenvalue weighted by atomic mass is 9.74. The second-order valence-electron chi connectivity index (χ2n) is 9.85. The molecule has 1 amide bonds. The van der Waals surface area contributed by atoms with E-state index < -0.39 is 68.0 Å². The number of aryl methyl sites for hydroxylation is 1. The molecular formula is C25H23F8NO4S. The van der Waals surface area contributed by atoms with Crippen LogP contribution >= 0.6 is 0 Å².